The third-order valence-corrected chi connectivity index (χ3v) is 7.51. The normalized spacial score (nSPS) is 12.7. The smallest absolute Gasteiger partial charge is 0.252 e. The standard InChI is InChI=1S/C33H29FN2O5/c1-39-31-12-20-18-41-30-15-25(23-8-3-5-9-28(23)34)27(13-26(30)24(20)14-32(31)40-2)33(38)36-21(17-37)11-19-16-35-29-10-6-4-7-22(19)29/h3-10,12-16,21,35,37H,11,17-18H2,1-2H3,(H,36,38). The lowest BCUT2D eigenvalue weighted by Crippen LogP contribution is -2.39. The van der Waals surface area contributed by atoms with Gasteiger partial charge in [0, 0.05) is 44.9 Å². The summed E-state index contributed by atoms with van der Waals surface area (Å²) in [7, 11) is 3.13. The first-order chi connectivity index (χ1) is 20.0. The van der Waals surface area contributed by atoms with Crippen molar-refractivity contribution < 1.29 is 28.5 Å². The Morgan fingerprint density at radius 1 is 0.976 bits per heavy atom. The highest BCUT2D eigenvalue weighted by atomic mass is 19.1. The molecule has 1 aromatic heterocycles. The molecular formula is C33H29FN2O5. The molecule has 5 aromatic rings. The van der Waals surface area contributed by atoms with E-state index in [4.69, 9.17) is 14.2 Å². The molecule has 0 radical (unpaired) electrons. The second-order valence-corrected chi connectivity index (χ2v) is 9.94. The molecule has 1 unspecified atom stereocenters. The van der Waals surface area contributed by atoms with E-state index >= 15 is 4.39 Å². The molecule has 0 saturated heterocycles. The highest BCUT2D eigenvalue weighted by molar-refractivity contribution is 6.03. The number of methoxy groups -OCH3 is 2. The van der Waals surface area contributed by atoms with Crippen LogP contribution < -0.4 is 19.5 Å². The summed E-state index contributed by atoms with van der Waals surface area (Å²) in [6, 6.07) is 20.7. The number of carbonyl (C=O) groups excluding carboxylic acids is 1. The zero-order valence-electron chi connectivity index (χ0n) is 22.7. The van der Waals surface area contributed by atoms with Gasteiger partial charge in [0.05, 0.1) is 26.9 Å². The second kappa shape index (κ2) is 11.0. The quantitative estimate of drug-likeness (QED) is 0.224. The number of carbonyl (C=O) groups is 1. The maximum Gasteiger partial charge on any atom is 0.252 e. The Hall–Kier alpha value is -4.82. The first-order valence-electron chi connectivity index (χ1n) is 13.3. The van der Waals surface area contributed by atoms with Crippen LogP contribution in [0.5, 0.6) is 17.2 Å². The lowest BCUT2D eigenvalue weighted by Gasteiger charge is -2.25. The Balaban J connectivity index is 1.42. The summed E-state index contributed by atoms with van der Waals surface area (Å²) in [6.07, 6.45) is 2.30. The van der Waals surface area contributed by atoms with E-state index in [2.05, 4.69) is 10.3 Å². The average Bonchev–Trinajstić information content (AvgIpc) is 3.42. The van der Waals surface area contributed by atoms with Gasteiger partial charge in [0.15, 0.2) is 11.5 Å². The molecule has 2 heterocycles. The number of halogens is 1. The molecule has 1 aliphatic rings. The Labute approximate surface area is 236 Å². The molecule has 1 atom stereocenters. The SMILES string of the molecule is COc1cc2c(cc1OC)-c1cc(C(=O)NC(CO)Cc3c[nH]c4ccccc34)c(-c3ccccc3F)cc1OC2. The van der Waals surface area contributed by atoms with Crippen LogP contribution in [0.1, 0.15) is 21.5 Å². The van der Waals surface area contributed by atoms with Crippen molar-refractivity contribution in [2.24, 2.45) is 0 Å². The van der Waals surface area contributed by atoms with Gasteiger partial charge in [-0.1, -0.05) is 36.4 Å². The van der Waals surface area contributed by atoms with E-state index in [1.165, 1.54) is 6.07 Å². The van der Waals surface area contributed by atoms with Crippen molar-refractivity contribution >= 4 is 16.8 Å². The molecule has 8 heteroatoms. The number of ether oxygens (including phenoxy) is 3. The van der Waals surface area contributed by atoms with Gasteiger partial charge in [-0.3, -0.25) is 4.79 Å². The van der Waals surface area contributed by atoms with Gasteiger partial charge in [-0.15, -0.1) is 0 Å². The van der Waals surface area contributed by atoms with Gasteiger partial charge in [-0.2, -0.15) is 0 Å². The monoisotopic (exact) mass is 552 g/mol. The maximum atomic E-state index is 15.1. The van der Waals surface area contributed by atoms with Crippen LogP contribution in [0.15, 0.2) is 79.0 Å². The molecule has 1 aliphatic heterocycles. The van der Waals surface area contributed by atoms with Gasteiger partial charge < -0.3 is 29.6 Å². The summed E-state index contributed by atoms with van der Waals surface area (Å²) >= 11 is 0. The molecule has 0 fully saturated rings. The fourth-order valence-corrected chi connectivity index (χ4v) is 5.44. The van der Waals surface area contributed by atoms with Crippen molar-refractivity contribution in [1.82, 2.24) is 10.3 Å². The number of aliphatic hydroxyl groups is 1. The van der Waals surface area contributed by atoms with Gasteiger partial charge in [0.2, 0.25) is 0 Å². The van der Waals surface area contributed by atoms with Crippen LogP contribution in [0, 0.1) is 5.82 Å². The molecule has 0 spiro atoms. The zero-order valence-corrected chi connectivity index (χ0v) is 22.7. The largest absolute Gasteiger partial charge is 0.493 e. The lowest BCUT2D eigenvalue weighted by molar-refractivity contribution is 0.0917. The number of fused-ring (bicyclic) bond motifs is 4. The minimum absolute atomic E-state index is 0.262. The number of hydrogen-bond donors (Lipinski definition) is 3. The van der Waals surface area contributed by atoms with Gasteiger partial charge in [0.25, 0.3) is 5.91 Å². The summed E-state index contributed by atoms with van der Waals surface area (Å²) in [5.74, 6) is 0.751. The number of aliphatic hydroxyl groups excluding tert-OH is 1. The highest BCUT2D eigenvalue weighted by Gasteiger charge is 2.27. The lowest BCUT2D eigenvalue weighted by atomic mass is 9.90. The Morgan fingerprint density at radius 3 is 2.51 bits per heavy atom. The van der Waals surface area contributed by atoms with Gasteiger partial charge in [-0.05, 0) is 53.9 Å². The van der Waals surface area contributed by atoms with Crippen molar-refractivity contribution in [3.8, 4) is 39.5 Å². The van der Waals surface area contributed by atoms with Gasteiger partial charge >= 0.3 is 0 Å². The predicted molar refractivity (Wildman–Crippen MR) is 155 cm³/mol. The fourth-order valence-electron chi connectivity index (χ4n) is 5.44. The molecule has 0 aliphatic carbocycles. The number of para-hydroxylation sites is 1. The molecule has 3 N–H and O–H groups in total. The molecule has 7 nitrogen and oxygen atoms in total. The van der Waals surface area contributed by atoms with Crippen LogP contribution in [0.4, 0.5) is 4.39 Å². The van der Waals surface area contributed by atoms with Crippen LogP contribution in [-0.4, -0.2) is 42.9 Å². The number of rotatable bonds is 8. The number of H-pyrrole nitrogens is 1. The Kier molecular flexibility index (Phi) is 7.07. The van der Waals surface area contributed by atoms with Crippen LogP contribution in [0.25, 0.3) is 33.2 Å². The van der Waals surface area contributed by atoms with E-state index in [0.717, 1.165) is 27.6 Å². The minimum atomic E-state index is -0.570. The van der Waals surface area contributed by atoms with Crippen molar-refractivity contribution in [3.63, 3.8) is 0 Å². The van der Waals surface area contributed by atoms with Crippen LogP contribution in [-0.2, 0) is 13.0 Å². The number of hydrogen-bond acceptors (Lipinski definition) is 5. The molecule has 208 valence electrons. The molecule has 4 aromatic carbocycles. The first-order valence-corrected chi connectivity index (χ1v) is 13.3. The summed E-state index contributed by atoms with van der Waals surface area (Å²) in [4.78, 5) is 17.1. The van der Waals surface area contributed by atoms with E-state index in [0.29, 0.717) is 34.8 Å². The van der Waals surface area contributed by atoms with Gasteiger partial charge in [-0.25, -0.2) is 4.39 Å². The number of aromatic amines is 1. The van der Waals surface area contributed by atoms with Crippen molar-refractivity contribution in [1.29, 1.82) is 0 Å². The van der Waals surface area contributed by atoms with E-state index in [1.54, 1.807) is 44.6 Å². The number of amides is 1. The van der Waals surface area contributed by atoms with E-state index in [1.807, 2.05) is 42.6 Å². The van der Waals surface area contributed by atoms with Crippen molar-refractivity contribution in [2.75, 3.05) is 20.8 Å². The van der Waals surface area contributed by atoms with E-state index in [9.17, 15) is 9.90 Å². The molecule has 41 heavy (non-hydrogen) atoms. The van der Waals surface area contributed by atoms with Crippen molar-refractivity contribution in [2.45, 2.75) is 19.1 Å². The number of nitrogens with one attached hydrogen (secondary N) is 2. The van der Waals surface area contributed by atoms with Crippen LogP contribution in [0.2, 0.25) is 0 Å². The predicted octanol–water partition coefficient (Wildman–Crippen LogP) is 5.88. The molecule has 1 amide bonds. The van der Waals surface area contributed by atoms with E-state index < -0.39 is 17.8 Å². The molecule has 6 rings (SSSR count). The topological polar surface area (TPSA) is 92.8 Å². The third kappa shape index (κ3) is 4.87. The molecule has 0 saturated carbocycles. The minimum Gasteiger partial charge on any atom is -0.493 e. The molecular weight excluding hydrogens is 523 g/mol. The fraction of sp³-hybridized carbons (Fsp3) is 0.182. The summed E-state index contributed by atoms with van der Waals surface area (Å²) in [6.45, 7) is 0.0102. The van der Waals surface area contributed by atoms with Crippen molar-refractivity contribution in [3.05, 3.63) is 102 Å². The molecule has 0 bridgehead atoms. The summed E-state index contributed by atoms with van der Waals surface area (Å²) in [5.41, 5.74) is 5.26. The Bertz CT molecular complexity index is 1760. The number of benzene rings is 4. The maximum absolute atomic E-state index is 15.1. The van der Waals surface area contributed by atoms with E-state index in [-0.39, 0.29) is 24.3 Å². The average molecular weight is 553 g/mol. The first kappa shape index (κ1) is 26.4. The van der Waals surface area contributed by atoms with Gasteiger partial charge in [0.1, 0.15) is 18.2 Å². The Morgan fingerprint density at radius 2 is 1.73 bits per heavy atom. The zero-order chi connectivity index (χ0) is 28.5. The summed E-state index contributed by atoms with van der Waals surface area (Å²) in [5, 5.41) is 14.2. The number of aromatic nitrogens is 1. The van der Waals surface area contributed by atoms with Crippen LogP contribution >= 0.6 is 0 Å². The summed E-state index contributed by atoms with van der Waals surface area (Å²) < 4.78 is 32.1. The highest BCUT2D eigenvalue weighted by Crippen LogP contribution is 2.45. The third-order valence-electron chi connectivity index (χ3n) is 7.51. The second-order valence-electron chi connectivity index (χ2n) is 9.94. The van der Waals surface area contributed by atoms with Crippen LogP contribution in [0.3, 0.4) is 0 Å².